The standard InChI is InChI=1S/C22H35FN4O3S/c1-3-26(17-19-8-7-9-20(23)16-19)22(28)18-25-12-14-27(15-13-25)31(29,30)24(2)21-10-5-4-6-11-21/h7-9,16,21H,3-6,10-15,17-18H2,1-2H3. The molecule has 1 amide bonds. The summed E-state index contributed by atoms with van der Waals surface area (Å²) >= 11 is 0. The van der Waals surface area contributed by atoms with Gasteiger partial charge in [0.15, 0.2) is 0 Å². The number of piperazine rings is 1. The maximum Gasteiger partial charge on any atom is 0.282 e. The third-order valence-corrected chi connectivity index (χ3v) is 8.51. The molecule has 1 heterocycles. The Hall–Kier alpha value is -1.55. The first-order valence-electron chi connectivity index (χ1n) is 11.3. The van der Waals surface area contributed by atoms with Crippen LogP contribution in [0.25, 0.3) is 0 Å². The van der Waals surface area contributed by atoms with Crippen LogP contribution in [0.5, 0.6) is 0 Å². The zero-order valence-corrected chi connectivity index (χ0v) is 19.5. The van der Waals surface area contributed by atoms with Crippen LogP contribution >= 0.6 is 0 Å². The zero-order chi connectivity index (χ0) is 22.4. The Balaban J connectivity index is 1.51. The van der Waals surface area contributed by atoms with E-state index >= 15 is 0 Å². The second-order valence-electron chi connectivity index (χ2n) is 8.53. The van der Waals surface area contributed by atoms with Crippen molar-refractivity contribution in [1.82, 2.24) is 18.4 Å². The predicted octanol–water partition coefficient (Wildman–Crippen LogP) is 2.30. The van der Waals surface area contributed by atoms with E-state index in [1.54, 1.807) is 26.6 Å². The third kappa shape index (κ3) is 6.25. The van der Waals surface area contributed by atoms with Gasteiger partial charge in [0.2, 0.25) is 5.91 Å². The third-order valence-electron chi connectivity index (χ3n) is 6.47. The van der Waals surface area contributed by atoms with E-state index in [1.165, 1.54) is 18.6 Å². The van der Waals surface area contributed by atoms with Gasteiger partial charge in [-0.15, -0.1) is 0 Å². The second kappa shape index (κ2) is 10.8. The minimum Gasteiger partial charge on any atom is -0.338 e. The molecule has 1 saturated heterocycles. The summed E-state index contributed by atoms with van der Waals surface area (Å²) in [7, 11) is -1.77. The van der Waals surface area contributed by atoms with Crippen molar-refractivity contribution >= 4 is 16.1 Å². The number of carbonyl (C=O) groups is 1. The lowest BCUT2D eigenvalue weighted by Crippen LogP contribution is -2.55. The molecule has 174 valence electrons. The molecule has 0 spiro atoms. The molecular weight excluding hydrogens is 419 g/mol. The lowest BCUT2D eigenvalue weighted by atomic mass is 9.96. The highest BCUT2D eigenvalue weighted by molar-refractivity contribution is 7.86. The van der Waals surface area contributed by atoms with Gasteiger partial charge < -0.3 is 4.90 Å². The number of hydrogen-bond donors (Lipinski definition) is 0. The molecule has 1 aliphatic heterocycles. The van der Waals surface area contributed by atoms with Crippen LogP contribution in [0.15, 0.2) is 24.3 Å². The number of amides is 1. The smallest absolute Gasteiger partial charge is 0.282 e. The first kappa shape index (κ1) is 24.1. The summed E-state index contributed by atoms with van der Waals surface area (Å²) in [5.41, 5.74) is 0.761. The summed E-state index contributed by atoms with van der Waals surface area (Å²) in [6, 6.07) is 6.39. The van der Waals surface area contributed by atoms with Gasteiger partial charge in [-0.3, -0.25) is 9.69 Å². The predicted molar refractivity (Wildman–Crippen MR) is 119 cm³/mol. The van der Waals surface area contributed by atoms with E-state index in [0.29, 0.717) is 39.3 Å². The molecule has 1 saturated carbocycles. The van der Waals surface area contributed by atoms with Crippen LogP contribution in [0.1, 0.15) is 44.6 Å². The van der Waals surface area contributed by atoms with Crippen LogP contribution in [-0.4, -0.2) is 85.1 Å². The van der Waals surface area contributed by atoms with Gasteiger partial charge in [-0.05, 0) is 37.5 Å². The van der Waals surface area contributed by atoms with E-state index in [2.05, 4.69) is 0 Å². The van der Waals surface area contributed by atoms with Crippen LogP contribution in [0.4, 0.5) is 4.39 Å². The number of halogens is 1. The van der Waals surface area contributed by atoms with Crippen LogP contribution < -0.4 is 0 Å². The summed E-state index contributed by atoms with van der Waals surface area (Å²) in [6.07, 6.45) is 5.23. The Morgan fingerprint density at radius 2 is 1.81 bits per heavy atom. The number of rotatable bonds is 8. The summed E-state index contributed by atoms with van der Waals surface area (Å²) in [6.45, 7) is 4.90. The van der Waals surface area contributed by atoms with Crippen molar-refractivity contribution in [3.05, 3.63) is 35.6 Å². The molecule has 9 heteroatoms. The van der Waals surface area contributed by atoms with Crippen molar-refractivity contribution in [2.45, 2.75) is 51.6 Å². The van der Waals surface area contributed by atoms with Gasteiger partial charge in [0.1, 0.15) is 5.82 Å². The first-order chi connectivity index (χ1) is 14.8. The molecule has 1 aliphatic carbocycles. The zero-order valence-electron chi connectivity index (χ0n) is 18.7. The molecule has 1 aromatic rings. The van der Waals surface area contributed by atoms with Crippen molar-refractivity contribution in [3.63, 3.8) is 0 Å². The number of carbonyl (C=O) groups excluding carboxylic acids is 1. The molecule has 31 heavy (non-hydrogen) atoms. The molecule has 1 aromatic carbocycles. The Kier molecular flexibility index (Phi) is 8.43. The number of nitrogens with zero attached hydrogens (tertiary/aromatic N) is 4. The van der Waals surface area contributed by atoms with E-state index in [1.807, 2.05) is 17.9 Å². The lowest BCUT2D eigenvalue weighted by Gasteiger charge is -2.38. The first-order valence-corrected chi connectivity index (χ1v) is 12.7. The topological polar surface area (TPSA) is 64.2 Å². The fraction of sp³-hybridized carbons (Fsp3) is 0.682. The van der Waals surface area contributed by atoms with Crippen molar-refractivity contribution in [1.29, 1.82) is 0 Å². The Morgan fingerprint density at radius 3 is 2.42 bits per heavy atom. The van der Waals surface area contributed by atoms with Crippen molar-refractivity contribution < 1.29 is 17.6 Å². The molecule has 2 aliphatic rings. The Morgan fingerprint density at radius 1 is 1.13 bits per heavy atom. The molecule has 0 bridgehead atoms. The maximum atomic E-state index is 13.4. The summed E-state index contributed by atoms with van der Waals surface area (Å²) in [5, 5.41) is 0. The molecule has 3 rings (SSSR count). The molecule has 0 aromatic heterocycles. The average molecular weight is 455 g/mol. The van der Waals surface area contributed by atoms with Crippen LogP contribution in [0, 0.1) is 5.82 Å². The molecule has 0 N–H and O–H groups in total. The minimum atomic E-state index is -3.47. The van der Waals surface area contributed by atoms with E-state index in [0.717, 1.165) is 31.2 Å². The summed E-state index contributed by atoms with van der Waals surface area (Å²) in [5.74, 6) is -0.334. The van der Waals surface area contributed by atoms with Gasteiger partial charge in [0, 0.05) is 52.4 Å². The van der Waals surface area contributed by atoms with Crippen molar-refractivity contribution in [2.75, 3.05) is 46.3 Å². The van der Waals surface area contributed by atoms with E-state index < -0.39 is 10.2 Å². The minimum absolute atomic E-state index is 0.0256. The average Bonchev–Trinajstić information content (AvgIpc) is 2.78. The summed E-state index contributed by atoms with van der Waals surface area (Å²) in [4.78, 5) is 16.5. The maximum absolute atomic E-state index is 13.4. The van der Waals surface area contributed by atoms with Gasteiger partial charge >= 0.3 is 0 Å². The molecule has 7 nitrogen and oxygen atoms in total. The van der Waals surface area contributed by atoms with Gasteiger partial charge in [-0.2, -0.15) is 17.0 Å². The van der Waals surface area contributed by atoms with Crippen molar-refractivity contribution in [2.24, 2.45) is 0 Å². The summed E-state index contributed by atoms with van der Waals surface area (Å²) < 4.78 is 42.6. The fourth-order valence-electron chi connectivity index (χ4n) is 4.46. The number of hydrogen-bond acceptors (Lipinski definition) is 4. The van der Waals surface area contributed by atoms with E-state index in [4.69, 9.17) is 0 Å². The highest BCUT2D eigenvalue weighted by Crippen LogP contribution is 2.25. The van der Waals surface area contributed by atoms with Crippen LogP contribution in [0.3, 0.4) is 0 Å². The number of benzene rings is 1. The highest BCUT2D eigenvalue weighted by Gasteiger charge is 2.35. The second-order valence-corrected chi connectivity index (χ2v) is 10.5. The van der Waals surface area contributed by atoms with Gasteiger partial charge in [0.05, 0.1) is 6.54 Å². The molecule has 0 radical (unpaired) electrons. The Bertz CT molecular complexity index is 837. The van der Waals surface area contributed by atoms with Gasteiger partial charge in [-0.1, -0.05) is 31.4 Å². The van der Waals surface area contributed by atoms with Gasteiger partial charge in [0.25, 0.3) is 10.2 Å². The quantitative estimate of drug-likeness (QED) is 0.605. The normalized spacial score (nSPS) is 19.6. The van der Waals surface area contributed by atoms with Crippen molar-refractivity contribution in [3.8, 4) is 0 Å². The van der Waals surface area contributed by atoms with Gasteiger partial charge in [-0.25, -0.2) is 4.39 Å². The number of likely N-dealkylation sites (N-methyl/N-ethyl adjacent to an activating group) is 1. The fourth-order valence-corrected chi connectivity index (χ4v) is 6.03. The Labute approximate surface area is 186 Å². The van der Waals surface area contributed by atoms with E-state index in [9.17, 15) is 17.6 Å². The molecular formula is C22H35FN4O3S. The molecule has 0 atom stereocenters. The van der Waals surface area contributed by atoms with Crippen LogP contribution in [0.2, 0.25) is 0 Å². The van der Waals surface area contributed by atoms with E-state index in [-0.39, 0.29) is 24.3 Å². The largest absolute Gasteiger partial charge is 0.338 e. The monoisotopic (exact) mass is 454 g/mol. The molecule has 2 fully saturated rings. The lowest BCUT2D eigenvalue weighted by molar-refractivity contribution is -0.133. The molecule has 0 unspecified atom stereocenters. The van der Waals surface area contributed by atoms with Crippen LogP contribution in [-0.2, 0) is 21.5 Å². The SMILES string of the molecule is CCN(Cc1cccc(F)c1)C(=O)CN1CCN(S(=O)(=O)N(C)C2CCCCC2)CC1. The highest BCUT2D eigenvalue weighted by atomic mass is 32.2.